The van der Waals surface area contributed by atoms with Crippen LogP contribution in [-0.4, -0.2) is 36.6 Å². The molecule has 0 saturated carbocycles. The Balaban J connectivity index is 3.24. The Morgan fingerprint density at radius 2 is 1.78 bits per heavy atom. The second-order valence-corrected chi connectivity index (χ2v) is 5.04. The standard InChI is InChI=1S/C19H24FNO2/c1-5-13-21(14-6-2)18(19(22)23-8-4)17(7-3)15-9-11-16(20)12-10-15/h5-7,9-12,17-18H,1-3,8,13-14H2,4H3/t17-,18-/m0/s1. The van der Waals surface area contributed by atoms with Gasteiger partial charge in [-0.3, -0.25) is 9.69 Å². The van der Waals surface area contributed by atoms with Crippen molar-refractivity contribution >= 4 is 5.97 Å². The quantitative estimate of drug-likeness (QED) is 0.487. The van der Waals surface area contributed by atoms with Gasteiger partial charge in [-0.15, -0.1) is 19.7 Å². The largest absolute Gasteiger partial charge is 0.465 e. The number of ether oxygens (including phenoxy) is 1. The van der Waals surface area contributed by atoms with Crippen molar-refractivity contribution in [1.29, 1.82) is 0 Å². The van der Waals surface area contributed by atoms with Gasteiger partial charge >= 0.3 is 5.97 Å². The Hall–Kier alpha value is -2.20. The topological polar surface area (TPSA) is 29.5 Å². The number of hydrogen-bond acceptors (Lipinski definition) is 3. The van der Waals surface area contributed by atoms with Gasteiger partial charge < -0.3 is 4.74 Å². The first-order chi connectivity index (χ1) is 11.1. The summed E-state index contributed by atoms with van der Waals surface area (Å²) in [6.07, 6.45) is 5.13. The fourth-order valence-corrected chi connectivity index (χ4v) is 2.52. The normalized spacial score (nSPS) is 13.2. The van der Waals surface area contributed by atoms with E-state index in [2.05, 4.69) is 19.7 Å². The molecule has 0 fully saturated rings. The monoisotopic (exact) mass is 317 g/mol. The maximum atomic E-state index is 13.2. The average molecular weight is 317 g/mol. The third-order valence-electron chi connectivity index (χ3n) is 3.50. The highest BCUT2D eigenvalue weighted by molar-refractivity contribution is 5.78. The second-order valence-electron chi connectivity index (χ2n) is 5.04. The molecular weight excluding hydrogens is 293 g/mol. The first kappa shape index (κ1) is 18.8. The van der Waals surface area contributed by atoms with Gasteiger partial charge in [0.1, 0.15) is 11.9 Å². The molecule has 0 radical (unpaired) electrons. The van der Waals surface area contributed by atoms with Gasteiger partial charge in [-0.1, -0.05) is 30.4 Å². The van der Waals surface area contributed by atoms with Gasteiger partial charge in [-0.2, -0.15) is 0 Å². The molecule has 0 spiro atoms. The summed E-state index contributed by atoms with van der Waals surface area (Å²) in [7, 11) is 0. The van der Waals surface area contributed by atoms with E-state index in [4.69, 9.17) is 4.74 Å². The molecule has 0 aromatic heterocycles. The van der Waals surface area contributed by atoms with E-state index in [9.17, 15) is 9.18 Å². The second kappa shape index (κ2) is 9.74. The van der Waals surface area contributed by atoms with E-state index in [0.29, 0.717) is 19.7 Å². The lowest BCUT2D eigenvalue weighted by Gasteiger charge is -2.33. The minimum atomic E-state index is -0.575. The van der Waals surface area contributed by atoms with Crippen LogP contribution in [0.25, 0.3) is 0 Å². The zero-order chi connectivity index (χ0) is 17.2. The molecule has 2 atom stereocenters. The van der Waals surface area contributed by atoms with Crippen LogP contribution in [0.2, 0.25) is 0 Å². The predicted octanol–water partition coefficient (Wildman–Crippen LogP) is 3.70. The predicted molar refractivity (Wildman–Crippen MR) is 91.7 cm³/mol. The molecule has 1 rings (SSSR count). The molecule has 0 amide bonds. The van der Waals surface area contributed by atoms with Crippen LogP contribution in [0.5, 0.6) is 0 Å². The first-order valence-corrected chi connectivity index (χ1v) is 7.59. The summed E-state index contributed by atoms with van der Waals surface area (Å²) < 4.78 is 18.4. The van der Waals surface area contributed by atoms with Gasteiger partial charge in [0, 0.05) is 19.0 Å². The van der Waals surface area contributed by atoms with Crippen LogP contribution < -0.4 is 0 Å². The Labute approximate surface area is 137 Å². The van der Waals surface area contributed by atoms with Crippen molar-refractivity contribution in [2.45, 2.75) is 18.9 Å². The molecule has 4 heteroatoms. The summed E-state index contributed by atoms with van der Waals surface area (Å²) in [4.78, 5) is 14.4. The Morgan fingerprint density at radius 3 is 2.22 bits per heavy atom. The van der Waals surface area contributed by atoms with Crippen molar-refractivity contribution in [3.63, 3.8) is 0 Å². The molecule has 0 saturated heterocycles. The van der Waals surface area contributed by atoms with Gasteiger partial charge in [0.15, 0.2) is 0 Å². The van der Waals surface area contributed by atoms with Crippen molar-refractivity contribution in [3.8, 4) is 0 Å². The maximum Gasteiger partial charge on any atom is 0.324 e. The molecule has 23 heavy (non-hydrogen) atoms. The number of carbonyl (C=O) groups is 1. The van der Waals surface area contributed by atoms with Crippen LogP contribution in [0, 0.1) is 5.82 Å². The van der Waals surface area contributed by atoms with E-state index < -0.39 is 6.04 Å². The van der Waals surface area contributed by atoms with Gasteiger partial charge in [0.2, 0.25) is 0 Å². The number of benzene rings is 1. The smallest absolute Gasteiger partial charge is 0.324 e. The molecule has 1 aromatic rings. The lowest BCUT2D eigenvalue weighted by molar-refractivity contribution is -0.149. The molecule has 1 aromatic carbocycles. The van der Waals surface area contributed by atoms with Crippen molar-refractivity contribution in [3.05, 3.63) is 73.6 Å². The Bertz CT molecular complexity index is 529. The first-order valence-electron chi connectivity index (χ1n) is 7.59. The SMILES string of the molecule is C=CCN(CC=C)[C@H](C(=O)OCC)[C@@H](C=C)c1ccc(F)cc1. The van der Waals surface area contributed by atoms with Crippen molar-refractivity contribution in [2.75, 3.05) is 19.7 Å². The maximum absolute atomic E-state index is 13.2. The lowest BCUT2D eigenvalue weighted by Crippen LogP contribution is -2.46. The zero-order valence-electron chi connectivity index (χ0n) is 13.6. The third-order valence-corrected chi connectivity index (χ3v) is 3.50. The van der Waals surface area contributed by atoms with Gasteiger partial charge in [-0.05, 0) is 24.6 Å². The molecule has 0 aliphatic carbocycles. The summed E-state index contributed by atoms with van der Waals surface area (Å²) in [5.41, 5.74) is 0.803. The highest BCUT2D eigenvalue weighted by Gasteiger charge is 2.33. The fourth-order valence-electron chi connectivity index (χ4n) is 2.52. The van der Waals surface area contributed by atoms with E-state index in [0.717, 1.165) is 5.56 Å². The van der Waals surface area contributed by atoms with Crippen LogP contribution in [0.1, 0.15) is 18.4 Å². The van der Waals surface area contributed by atoms with Crippen LogP contribution in [-0.2, 0) is 9.53 Å². The highest BCUT2D eigenvalue weighted by Crippen LogP contribution is 2.26. The minimum absolute atomic E-state index is 0.290. The molecule has 0 aliphatic rings. The van der Waals surface area contributed by atoms with Gasteiger partial charge in [0.05, 0.1) is 6.61 Å². The molecule has 0 unspecified atom stereocenters. The van der Waals surface area contributed by atoms with Crippen LogP contribution in [0.4, 0.5) is 4.39 Å². The van der Waals surface area contributed by atoms with E-state index in [1.165, 1.54) is 12.1 Å². The fraction of sp³-hybridized carbons (Fsp3) is 0.316. The number of hydrogen-bond donors (Lipinski definition) is 0. The van der Waals surface area contributed by atoms with Gasteiger partial charge in [0.25, 0.3) is 0 Å². The molecule has 0 N–H and O–H groups in total. The Morgan fingerprint density at radius 1 is 1.22 bits per heavy atom. The minimum Gasteiger partial charge on any atom is -0.465 e. The number of nitrogens with zero attached hydrogens (tertiary/aromatic N) is 1. The molecule has 0 bridgehead atoms. The number of rotatable bonds is 10. The summed E-state index contributed by atoms with van der Waals surface area (Å²) in [5.74, 6) is -0.988. The Kier molecular flexibility index (Phi) is 7.98. The molecule has 3 nitrogen and oxygen atoms in total. The summed E-state index contributed by atoms with van der Waals surface area (Å²) in [5, 5.41) is 0. The van der Waals surface area contributed by atoms with E-state index in [-0.39, 0.29) is 17.7 Å². The molecule has 0 heterocycles. The number of esters is 1. The van der Waals surface area contributed by atoms with Crippen molar-refractivity contribution in [1.82, 2.24) is 4.90 Å². The molecule has 124 valence electrons. The summed E-state index contributed by atoms with van der Waals surface area (Å²) in [6.45, 7) is 14.4. The summed E-state index contributed by atoms with van der Waals surface area (Å²) in [6, 6.07) is 5.49. The van der Waals surface area contributed by atoms with E-state index in [1.54, 1.807) is 37.3 Å². The third kappa shape index (κ3) is 5.18. The van der Waals surface area contributed by atoms with Crippen LogP contribution >= 0.6 is 0 Å². The summed E-state index contributed by atoms with van der Waals surface area (Å²) >= 11 is 0. The van der Waals surface area contributed by atoms with E-state index >= 15 is 0 Å². The lowest BCUT2D eigenvalue weighted by atomic mass is 9.90. The van der Waals surface area contributed by atoms with Crippen LogP contribution in [0.3, 0.4) is 0 Å². The average Bonchev–Trinajstić information content (AvgIpc) is 2.53. The van der Waals surface area contributed by atoms with E-state index in [1.807, 2.05) is 4.90 Å². The molecular formula is C19H24FNO2. The number of halogens is 1. The zero-order valence-corrected chi connectivity index (χ0v) is 13.6. The van der Waals surface area contributed by atoms with Crippen molar-refractivity contribution in [2.24, 2.45) is 0 Å². The number of carbonyl (C=O) groups excluding carboxylic acids is 1. The highest BCUT2D eigenvalue weighted by atomic mass is 19.1. The van der Waals surface area contributed by atoms with Crippen LogP contribution in [0.15, 0.2) is 62.2 Å². The molecule has 0 aliphatic heterocycles. The van der Waals surface area contributed by atoms with Gasteiger partial charge in [-0.25, -0.2) is 4.39 Å². The van der Waals surface area contributed by atoms with Crippen molar-refractivity contribution < 1.29 is 13.9 Å².